The third-order valence-corrected chi connectivity index (χ3v) is 8.91. The van der Waals surface area contributed by atoms with Crippen LogP contribution in [0.1, 0.15) is 68.4 Å². The first-order chi connectivity index (χ1) is 18.6. The number of aryl methyl sites for hydroxylation is 3. The Morgan fingerprint density at radius 2 is 1.51 bits per heavy atom. The zero-order valence-corrected chi connectivity index (χ0v) is 23.7. The van der Waals surface area contributed by atoms with E-state index in [1.54, 1.807) is 6.07 Å². The summed E-state index contributed by atoms with van der Waals surface area (Å²) in [5.74, 6) is -0.261. The molecule has 198 valence electrons. The third kappa shape index (κ3) is 3.47. The number of fused-ring (bicyclic) bond motifs is 6. The minimum atomic E-state index is -0.555. The van der Waals surface area contributed by atoms with Crippen molar-refractivity contribution in [2.45, 2.75) is 71.5 Å². The summed E-state index contributed by atoms with van der Waals surface area (Å²) in [6.45, 7) is 10.7. The van der Waals surface area contributed by atoms with Gasteiger partial charge >= 0.3 is 0 Å². The molecule has 0 spiro atoms. The number of furan rings is 1. The van der Waals surface area contributed by atoms with Gasteiger partial charge in [0.2, 0.25) is 5.69 Å². The highest BCUT2D eigenvalue weighted by molar-refractivity contribution is 6.13. The van der Waals surface area contributed by atoms with Gasteiger partial charge in [0.05, 0.1) is 22.3 Å². The Bertz CT molecular complexity index is 1820. The van der Waals surface area contributed by atoms with Crippen LogP contribution < -0.4 is 4.57 Å². The first-order valence-electron chi connectivity index (χ1n) is 14.1. The van der Waals surface area contributed by atoms with Crippen molar-refractivity contribution in [3.05, 3.63) is 88.4 Å². The molecule has 0 N–H and O–H groups in total. The molecule has 0 amide bonds. The highest BCUT2D eigenvalue weighted by atomic mass is 19.1. The molecule has 0 saturated heterocycles. The van der Waals surface area contributed by atoms with Gasteiger partial charge < -0.3 is 9.15 Å². The van der Waals surface area contributed by atoms with Crippen molar-refractivity contribution in [1.82, 2.24) is 0 Å². The van der Waals surface area contributed by atoms with Gasteiger partial charge in [0.15, 0.2) is 6.20 Å². The Kier molecular flexibility index (Phi) is 5.19. The number of pyridine rings is 1. The van der Waals surface area contributed by atoms with Crippen molar-refractivity contribution in [2.75, 3.05) is 0 Å². The molecule has 0 fully saturated rings. The molecule has 0 unspecified atom stereocenters. The molecule has 0 radical (unpaired) electrons. The monoisotopic (exact) mass is 520 g/mol. The average molecular weight is 521 g/mol. The molecule has 2 aromatic heterocycles. The fourth-order valence-electron chi connectivity index (χ4n) is 7.46. The van der Waals surface area contributed by atoms with Gasteiger partial charge in [-0.1, -0.05) is 18.2 Å². The Balaban J connectivity index is 1.61. The first kappa shape index (κ1) is 24.5. The van der Waals surface area contributed by atoms with Crippen LogP contribution in [0.4, 0.5) is 4.39 Å². The fourth-order valence-corrected chi connectivity index (χ4v) is 7.46. The van der Waals surface area contributed by atoms with Crippen molar-refractivity contribution in [1.29, 1.82) is 0 Å². The predicted molar refractivity (Wildman–Crippen MR) is 154 cm³/mol. The molecule has 0 saturated carbocycles. The summed E-state index contributed by atoms with van der Waals surface area (Å²) in [4.78, 5) is 0. The van der Waals surface area contributed by atoms with E-state index >= 15 is 4.39 Å². The highest BCUT2D eigenvalue weighted by Gasteiger charge is 2.47. The number of aromatic nitrogens is 1. The van der Waals surface area contributed by atoms with Crippen LogP contribution in [-0.4, -0.2) is 0 Å². The Hall–Kier alpha value is -3.50. The zero-order chi connectivity index (χ0) is 27.3. The standard InChI is InChI=1S/C35H35FNO2/c1-20-14-15-23-24-16-17-26(36)29(33(24)38-32(23)28(20)27-13-9-10-18-37(27)6)25-19-21-11-7-8-12-22(21)30-31(25)35(4,5)39-34(30,2)3/h9-10,13-19H,7-8,11-12H2,1-6H3/q+1. The van der Waals surface area contributed by atoms with Gasteiger partial charge in [-0.2, -0.15) is 0 Å². The molecule has 7 rings (SSSR count). The number of ether oxygens (including phenoxy) is 1. The number of halogens is 1. The molecule has 3 aromatic carbocycles. The van der Waals surface area contributed by atoms with Crippen LogP contribution in [0.5, 0.6) is 0 Å². The van der Waals surface area contributed by atoms with Crippen LogP contribution in [0.2, 0.25) is 0 Å². The van der Waals surface area contributed by atoms with Crippen molar-refractivity contribution >= 4 is 21.9 Å². The smallest absolute Gasteiger partial charge is 0.216 e. The van der Waals surface area contributed by atoms with E-state index in [-0.39, 0.29) is 5.82 Å². The predicted octanol–water partition coefficient (Wildman–Crippen LogP) is 8.57. The van der Waals surface area contributed by atoms with Gasteiger partial charge in [-0.3, -0.25) is 0 Å². The summed E-state index contributed by atoms with van der Waals surface area (Å²) in [5, 5.41) is 1.94. The van der Waals surface area contributed by atoms with Gasteiger partial charge in [0.25, 0.3) is 0 Å². The van der Waals surface area contributed by atoms with Gasteiger partial charge in [0, 0.05) is 22.9 Å². The molecule has 4 heteroatoms. The van der Waals surface area contributed by atoms with E-state index in [0.717, 1.165) is 63.6 Å². The van der Waals surface area contributed by atoms with Crippen molar-refractivity contribution < 1.29 is 18.1 Å². The number of benzene rings is 3. The Labute approximate surface area is 229 Å². The average Bonchev–Trinajstić information content (AvgIpc) is 3.35. The fraction of sp³-hybridized carbons (Fsp3) is 0.343. The summed E-state index contributed by atoms with van der Waals surface area (Å²) >= 11 is 0. The number of hydrogen-bond acceptors (Lipinski definition) is 2. The molecular formula is C35H35FNO2+. The van der Waals surface area contributed by atoms with E-state index in [4.69, 9.17) is 9.15 Å². The minimum Gasteiger partial charge on any atom is -0.454 e. The van der Waals surface area contributed by atoms with Crippen molar-refractivity contribution in [3.63, 3.8) is 0 Å². The quantitative estimate of drug-likeness (QED) is 0.218. The second-order valence-corrected chi connectivity index (χ2v) is 12.4. The molecule has 39 heavy (non-hydrogen) atoms. The van der Waals surface area contributed by atoms with E-state index in [1.165, 1.54) is 23.1 Å². The maximum Gasteiger partial charge on any atom is 0.216 e. The summed E-state index contributed by atoms with van der Waals surface area (Å²) in [6.07, 6.45) is 6.44. The molecule has 1 aliphatic heterocycles. The molecular weight excluding hydrogens is 485 g/mol. The maximum absolute atomic E-state index is 16.1. The summed E-state index contributed by atoms with van der Waals surface area (Å²) < 4.78 is 31.7. The molecule has 3 heterocycles. The maximum atomic E-state index is 16.1. The lowest BCUT2D eigenvalue weighted by atomic mass is 9.76. The van der Waals surface area contributed by atoms with Gasteiger partial charge in [-0.15, -0.1) is 0 Å². The number of nitrogens with zero attached hydrogens (tertiary/aromatic N) is 1. The first-order valence-corrected chi connectivity index (χ1v) is 14.1. The van der Waals surface area contributed by atoms with Crippen LogP contribution in [0.25, 0.3) is 44.3 Å². The van der Waals surface area contributed by atoms with Crippen LogP contribution in [0.3, 0.4) is 0 Å². The minimum absolute atomic E-state index is 0.261. The zero-order valence-electron chi connectivity index (χ0n) is 23.7. The van der Waals surface area contributed by atoms with Crippen LogP contribution in [0, 0.1) is 12.7 Å². The normalized spacial score (nSPS) is 17.5. The second kappa shape index (κ2) is 8.25. The lowest BCUT2D eigenvalue weighted by Crippen LogP contribution is -2.30. The topological polar surface area (TPSA) is 26.2 Å². The lowest BCUT2D eigenvalue weighted by Gasteiger charge is -2.27. The number of hydrogen-bond donors (Lipinski definition) is 0. The van der Waals surface area contributed by atoms with Gasteiger partial charge in [0.1, 0.15) is 24.0 Å². The van der Waals surface area contributed by atoms with E-state index in [1.807, 2.05) is 31.4 Å². The number of rotatable bonds is 2. The molecule has 0 bridgehead atoms. The molecule has 3 nitrogen and oxygen atoms in total. The van der Waals surface area contributed by atoms with Gasteiger partial charge in [-0.05, 0) is 112 Å². The summed E-state index contributed by atoms with van der Waals surface area (Å²) in [6, 6.07) is 16.1. The van der Waals surface area contributed by atoms with E-state index in [0.29, 0.717) is 11.1 Å². The molecule has 2 aliphatic rings. The van der Waals surface area contributed by atoms with Gasteiger partial charge in [-0.25, -0.2) is 8.96 Å². The molecule has 1 aliphatic carbocycles. The Morgan fingerprint density at radius 3 is 2.28 bits per heavy atom. The van der Waals surface area contributed by atoms with E-state index in [2.05, 4.69) is 63.5 Å². The highest BCUT2D eigenvalue weighted by Crippen LogP contribution is 2.55. The van der Waals surface area contributed by atoms with E-state index < -0.39 is 11.2 Å². The summed E-state index contributed by atoms with van der Waals surface area (Å²) in [5.41, 5.74) is 10.2. The van der Waals surface area contributed by atoms with Crippen LogP contribution in [-0.2, 0) is 35.8 Å². The Morgan fingerprint density at radius 1 is 0.821 bits per heavy atom. The van der Waals surface area contributed by atoms with Crippen molar-refractivity contribution in [2.24, 2.45) is 7.05 Å². The van der Waals surface area contributed by atoms with Crippen molar-refractivity contribution in [3.8, 4) is 22.4 Å². The largest absolute Gasteiger partial charge is 0.454 e. The third-order valence-electron chi connectivity index (χ3n) is 8.91. The SMILES string of the molecule is Cc1ccc2c(oc3c(-c4cc5c(c6c4C(C)(C)OC6(C)C)CCCC5)c(F)ccc32)c1-c1cccc[n+]1C. The summed E-state index contributed by atoms with van der Waals surface area (Å²) in [7, 11) is 2.04. The van der Waals surface area contributed by atoms with Crippen LogP contribution in [0.15, 0.2) is 59.1 Å². The van der Waals surface area contributed by atoms with E-state index in [9.17, 15) is 0 Å². The van der Waals surface area contributed by atoms with Crippen LogP contribution >= 0.6 is 0 Å². The lowest BCUT2D eigenvalue weighted by molar-refractivity contribution is -0.660. The second-order valence-electron chi connectivity index (χ2n) is 12.4. The molecule has 0 atom stereocenters. The molecule has 5 aromatic rings.